The first-order chi connectivity index (χ1) is 3.93. The van der Waals surface area contributed by atoms with Gasteiger partial charge in [0, 0.05) is 11.1 Å². The molecule has 0 aliphatic heterocycles. The fraction of sp³-hybridized carbons (Fsp3) is 0. The summed E-state index contributed by atoms with van der Waals surface area (Å²) in [4.78, 5) is 0.903. The summed E-state index contributed by atoms with van der Waals surface area (Å²) in [5, 5.41) is 14.1. The molecule has 0 aromatic carbocycles. The molecule has 0 fully saturated rings. The molecule has 1 aromatic heterocycles. The Kier molecular flexibility index (Phi) is 1.64. The predicted molar refractivity (Wildman–Crippen MR) is 35.3 cm³/mol. The van der Waals surface area contributed by atoms with Crippen LogP contribution >= 0.6 is 11.3 Å². The van der Waals surface area contributed by atoms with Gasteiger partial charge in [-0.1, -0.05) is 6.07 Å². The van der Waals surface area contributed by atoms with Crippen molar-refractivity contribution in [3.05, 3.63) is 27.6 Å². The lowest BCUT2D eigenvalue weighted by Crippen LogP contribution is -1.65. The second-order valence-electron chi connectivity index (χ2n) is 1.25. The van der Waals surface area contributed by atoms with Crippen molar-refractivity contribution in [2.24, 2.45) is 5.16 Å². The van der Waals surface area contributed by atoms with Gasteiger partial charge in [-0.25, -0.2) is 0 Å². The molecule has 0 amide bonds. The molecule has 1 rings (SSSR count). The van der Waals surface area contributed by atoms with Crippen LogP contribution < -0.4 is 0 Å². The van der Waals surface area contributed by atoms with Crippen LogP contribution in [0.15, 0.2) is 22.7 Å². The fourth-order valence-electron chi connectivity index (χ4n) is 0.417. The third-order valence-electron chi connectivity index (χ3n) is 0.723. The summed E-state index contributed by atoms with van der Waals surface area (Å²) in [5.41, 5.74) is 0. The quantitative estimate of drug-likeness (QED) is 0.416. The van der Waals surface area contributed by atoms with Crippen LogP contribution in [0.25, 0.3) is 0 Å². The van der Waals surface area contributed by atoms with E-state index in [0.29, 0.717) is 0 Å². The second-order valence-corrected chi connectivity index (χ2v) is 2.23. The molecule has 0 saturated heterocycles. The van der Waals surface area contributed by atoms with E-state index in [1.807, 2.05) is 17.5 Å². The van der Waals surface area contributed by atoms with Crippen molar-refractivity contribution in [2.45, 2.75) is 0 Å². The normalized spacial score (nSPS) is 10.5. The maximum absolute atomic E-state index is 9.57. The topological polar surface area (TPSA) is 35.4 Å². The first-order valence-corrected chi connectivity index (χ1v) is 3.00. The summed E-state index contributed by atoms with van der Waals surface area (Å²) < 4.78 is 0. The van der Waals surface area contributed by atoms with E-state index in [1.165, 1.54) is 17.6 Å². The van der Waals surface area contributed by atoms with Crippen LogP contribution in [0.3, 0.4) is 0 Å². The summed E-state index contributed by atoms with van der Waals surface area (Å²) in [6.07, 6.45) is 1.30. The highest BCUT2D eigenvalue weighted by molar-refractivity contribution is 7.11. The van der Waals surface area contributed by atoms with Crippen LogP contribution in [0.2, 0.25) is 0 Å². The molecule has 0 unspecified atom stereocenters. The third-order valence-corrected chi connectivity index (χ3v) is 1.53. The molecule has 0 aliphatic rings. The van der Waals surface area contributed by atoms with Crippen molar-refractivity contribution in [3.63, 3.8) is 0 Å². The molecule has 1 heterocycles. The van der Waals surface area contributed by atoms with Gasteiger partial charge in [0.15, 0.2) is 0 Å². The largest absolute Gasteiger partial charge is 0.792 e. The van der Waals surface area contributed by atoms with Gasteiger partial charge in [0.2, 0.25) is 0 Å². The van der Waals surface area contributed by atoms with Crippen molar-refractivity contribution in [2.75, 3.05) is 0 Å². The van der Waals surface area contributed by atoms with Gasteiger partial charge in [-0.2, -0.15) is 0 Å². The van der Waals surface area contributed by atoms with E-state index in [9.17, 15) is 5.21 Å². The lowest BCUT2D eigenvalue weighted by atomic mass is 10.5. The van der Waals surface area contributed by atoms with Crippen LogP contribution in [0.4, 0.5) is 0 Å². The second kappa shape index (κ2) is 2.47. The molecule has 0 aliphatic carbocycles. The zero-order chi connectivity index (χ0) is 5.82. The molecule has 0 radical (unpaired) electrons. The third kappa shape index (κ3) is 1.07. The Hall–Kier alpha value is -0.830. The smallest absolute Gasteiger partial charge is 0.0444 e. The fourth-order valence-corrected chi connectivity index (χ4v) is 0.992. The van der Waals surface area contributed by atoms with E-state index in [0.717, 1.165) is 4.88 Å². The van der Waals surface area contributed by atoms with Crippen molar-refractivity contribution in [3.8, 4) is 0 Å². The number of thiophene rings is 1. The number of rotatable bonds is 1. The highest BCUT2D eigenvalue weighted by Gasteiger charge is 1.80. The molecule has 3 heteroatoms. The average Bonchev–Trinajstić information content (AvgIpc) is 2.19. The van der Waals surface area contributed by atoms with Crippen LogP contribution in [-0.2, 0) is 0 Å². The highest BCUT2D eigenvalue weighted by atomic mass is 32.1. The zero-order valence-corrected chi connectivity index (χ0v) is 4.89. The van der Waals surface area contributed by atoms with Gasteiger partial charge in [-0.3, -0.25) is 0 Å². The molecular formula is C5H4NOS-. The molecule has 42 valence electrons. The first-order valence-electron chi connectivity index (χ1n) is 2.12. The van der Waals surface area contributed by atoms with E-state index in [-0.39, 0.29) is 0 Å². The van der Waals surface area contributed by atoms with E-state index in [4.69, 9.17) is 0 Å². The molecule has 8 heavy (non-hydrogen) atoms. The summed E-state index contributed by atoms with van der Waals surface area (Å²) in [5.74, 6) is 0. The lowest BCUT2D eigenvalue weighted by Gasteiger charge is -1.84. The number of hydrogen-bond donors (Lipinski definition) is 0. The minimum Gasteiger partial charge on any atom is -0.792 e. The van der Waals surface area contributed by atoms with E-state index in [1.54, 1.807) is 0 Å². The molecular weight excluding hydrogens is 122 g/mol. The summed E-state index contributed by atoms with van der Waals surface area (Å²) >= 11 is 1.50. The monoisotopic (exact) mass is 126 g/mol. The SMILES string of the molecule is [O-]/N=C\c1cccs1. The van der Waals surface area contributed by atoms with Crippen LogP contribution in [0.5, 0.6) is 0 Å². The van der Waals surface area contributed by atoms with Crippen LogP contribution in [-0.4, -0.2) is 6.21 Å². The van der Waals surface area contributed by atoms with E-state index in [2.05, 4.69) is 5.16 Å². The Labute approximate surface area is 51.1 Å². The van der Waals surface area contributed by atoms with Gasteiger partial charge in [-0.05, 0) is 11.4 Å². The zero-order valence-electron chi connectivity index (χ0n) is 4.07. The standard InChI is InChI=1S/C5H5NOS/c7-6-4-5-2-1-3-8-5/h1-4,7H/p-1/b6-4-. The molecule has 2 nitrogen and oxygen atoms in total. The summed E-state index contributed by atoms with van der Waals surface area (Å²) in [6, 6.07) is 3.72. The van der Waals surface area contributed by atoms with Gasteiger partial charge >= 0.3 is 0 Å². The Morgan fingerprint density at radius 1 is 1.75 bits per heavy atom. The Morgan fingerprint density at radius 3 is 3.12 bits per heavy atom. The van der Waals surface area contributed by atoms with Gasteiger partial charge in [-0.15, -0.1) is 11.3 Å². The van der Waals surface area contributed by atoms with Gasteiger partial charge in [0.25, 0.3) is 0 Å². The molecule has 0 bridgehead atoms. The van der Waals surface area contributed by atoms with Crippen molar-refractivity contribution < 1.29 is 0 Å². The maximum atomic E-state index is 9.57. The molecule has 0 N–H and O–H groups in total. The lowest BCUT2D eigenvalue weighted by molar-refractivity contribution is 1.65. The minimum absolute atomic E-state index is 0.903. The van der Waals surface area contributed by atoms with Crippen molar-refractivity contribution >= 4 is 17.6 Å². The molecule has 0 spiro atoms. The van der Waals surface area contributed by atoms with Gasteiger partial charge < -0.3 is 10.4 Å². The van der Waals surface area contributed by atoms with Crippen LogP contribution in [0, 0.1) is 5.21 Å². The number of nitrogens with zero attached hydrogens (tertiary/aromatic N) is 1. The highest BCUT2D eigenvalue weighted by Crippen LogP contribution is 2.03. The van der Waals surface area contributed by atoms with Gasteiger partial charge in [0.05, 0.1) is 0 Å². The molecule has 0 saturated carbocycles. The van der Waals surface area contributed by atoms with Crippen molar-refractivity contribution in [1.29, 1.82) is 0 Å². The Bertz CT molecular complexity index is 169. The Balaban J connectivity index is 2.77. The summed E-state index contributed by atoms with van der Waals surface area (Å²) in [7, 11) is 0. The molecule has 1 aromatic rings. The predicted octanol–water partition coefficient (Wildman–Crippen LogP) is 1.66. The average molecular weight is 126 g/mol. The maximum Gasteiger partial charge on any atom is 0.0444 e. The summed E-state index contributed by atoms with van der Waals surface area (Å²) in [6.45, 7) is 0. The minimum atomic E-state index is 0.903. The number of hydrogen-bond acceptors (Lipinski definition) is 3. The van der Waals surface area contributed by atoms with E-state index < -0.39 is 0 Å². The van der Waals surface area contributed by atoms with Crippen molar-refractivity contribution in [1.82, 2.24) is 0 Å². The van der Waals surface area contributed by atoms with Gasteiger partial charge in [0.1, 0.15) is 0 Å². The first kappa shape index (κ1) is 5.31. The van der Waals surface area contributed by atoms with Crippen LogP contribution in [0.1, 0.15) is 4.88 Å². The van der Waals surface area contributed by atoms with E-state index >= 15 is 0 Å². The molecule has 0 atom stereocenters. The Morgan fingerprint density at radius 2 is 2.62 bits per heavy atom.